The van der Waals surface area contributed by atoms with Crippen LogP contribution in [-0.2, 0) is 17.8 Å². The largest absolute Gasteiger partial charge is 0.491 e. The molecule has 0 spiro atoms. The molecule has 4 rings (SSSR count). The molecule has 0 bridgehead atoms. The molecule has 0 atom stereocenters. The molecule has 2 aliphatic heterocycles. The fraction of sp³-hybridized carbons (Fsp3) is 0.538. The highest BCUT2D eigenvalue weighted by Gasteiger charge is 2.32. The standard InChI is InChI=1S/C26H33F2N3O3/c1-16-18(14-22(32)33)24(31-10-6-26(2,3)7-11-31)23(21(29-16)15-30-8-5-9-30)17-12-19(27)25(34-4)20(28)13-17/h12-13H,5-11,14-15H2,1-4H3,(H,32,33). The van der Waals surface area contributed by atoms with Crippen molar-refractivity contribution in [1.82, 2.24) is 9.88 Å². The van der Waals surface area contributed by atoms with Crippen LogP contribution in [0.5, 0.6) is 5.75 Å². The fourth-order valence-electron chi connectivity index (χ4n) is 4.90. The summed E-state index contributed by atoms with van der Waals surface area (Å²) in [4.78, 5) is 21.1. The van der Waals surface area contributed by atoms with Crippen LogP contribution in [0.15, 0.2) is 12.1 Å². The Hall–Kier alpha value is -2.74. The van der Waals surface area contributed by atoms with E-state index in [2.05, 4.69) is 23.6 Å². The topological polar surface area (TPSA) is 65.9 Å². The molecule has 2 saturated heterocycles. The smallest absolute Gasteiger partial charge is 0.307 e. The number of rotatable bonds is 7. The van der Waals surface area contributed by atoms with Crippen LogP contribution in [0.2, 0.25) is 0 Å². The molecule has 0 saturated carbocycles. The number of carbonyl (C=O) groups is 1. The number of carboxylic acid groups (broad SMARTS) is 1. The molecule has 0 radical (unpaired) electrons. The molecule has 0 unspecified atom stereocenters. The molecular weight excluding hydrogens is 440 g/mol. The summed E-state index contributed by atoms with van der Waals surface area (Å²) < 4.78 is 34.6. The van der Waals surface area contributed by atoms with Crippen LogP contribution >= 0.6 is 0 Å². The van der Waals surface area contributed by atoms with Gasteiger partial charge in [-0.15, -0.1) is 0 Å². The third-order valence-corrected chi connectivity index (χ3v) is 7.12. The van der Waals surface area contributed by atoms with Gasteiger partial charge in [-0.1, -0.05) is 13.8 Å². The van der Waals surface area contributed by atoms with Crippen molar-refractivity contribution in [1.29, 1.82) is 0 Å². The minimum absolute atomic E-state index is 0.185. The average molecular weight is 474 g/mol. The first-order valence-electron chi connectivity index (χ1n) is 11.8. The lowest BCUT2D eigenvalue weighted by Crippen LogP contribution is -2.39. The molecule has 184 valence electrons. The average Bonchev–Trinajstić information content (AvgIpc) is 2.72. The van der Waals surface area contributed by atoms with E-state index in [1.54, 1.807) is 0 Å². The molecule has 1 aromatic heterocycles. The summed E-state index contributed by atoms with van der Waals surface area (Å²) >= 11 is 0. The minimum Gasteiger partial charge on any atom is -0.491 e. The van der Waals surface area contributed by atoms with Crippen LogP contribution in [0.1, 0.15) is 50.1 Å². The zero-order valence-electron chi connectivity index (χ0n) is 20.4. The molecule has 34 heavy (non-hydrogen) atoms. The Bertz CT molecular complexity index is 1070. The van der Waals surface area contributed by atoms with Crippen LogP contribution in [0, 0.1) is 24.0 Å². The first-order valence-corrected chi connectivity index (χ1v) is 11.8. The Kier molecular flexibility index (Phi) is 6.80. The molecule has 8 heteroatoms. The van der Waals surface area contributed by atoms with E-state index in [1.807, 2.05) is 6.92 Å². The quantitative estimate of drug-likeness (QED) is 0.623. The third-order valence-electron chi connectivity index (χ3n) is 7.12. The van der Waals surface area contributed by atoms with E-state index >= 15 is 0 Å². The predicted molar refractivity (Wildman–Crippen MR) is 127 cm³/mol. The maximum Gasteiger partial charge on any atom is 0.307 e. The highest BCUT2D eigenvalue weighted by atomic mass is 19.1. The second-order valence-electron chi connectivity index (χ2n) is 10.2. The second kappa shape index (κ2) is 9.49. The summed E-state index contributed by atoms with van der Waals surface area (Å²) in [5.74, 6) is -2.98. The Morgan fingerprint density at radius 2 is 1.76 bits per heavy atom. The SMILES string of the molecule is COc1c(F)cc(-c2c(CN3CCC3)nc(C)c(CC(=O)O)c2N2CCC(C)(C)CC2)cc1F. The van der Waals surface area contributed by atoms with Crippen molar-refractivity contribution < 1.29 is 23.4 Å². The number of aromatic nitrogens is 1. The van der Waals surface area contributed by atoms with Crippen LogP contribution in [-0.4, -0.2) is 54.2 Å². The van der Waals surface area contributed by atoms with Crippen LogP contribution in [0.4, 0.5) is 14.5 Å². The summed E-state index contributed by atoms with van der Waals surface area (Å²) in [7, 11) is 1.23. The number of benzene rings is 1. The molecule has 0 aliphatic carbocycles. The van der Waals surface area contributed by atoms with E-state index in [-0.39, 0.29) is 11.8 Å². The van der Waals surface area contributed by atoms with E-state index in [9.17, 15) is 18.7 Å². The molecule has 0 amide bonds. The van der Waals surface area contributed by atoms with Crippen molar-refractivity contribution in [3.8, 4) is 16.9 Å². The number of pyridine rings is 1. The number of methoxy groups -OCH3 is 1. The zero-order chi connectivity index (χ0) is 24.6. The number of anilines is 1. The molecule has 1 aromatic carbocycles. The lowest BCUT2D eigenvalue weighted by atomic mass is 9.82. The monoisotopic (exact) mass is 473 g/mol. The highest BCUT2D eigenvalue weighted by Crippen LogP contribution is 2.43. The number of hydrogen-bond acceptors (Lipinski definition) is 5. The number of ether oxygens (including phenoxy) is 1. The summed E-state index contributed by atoms with van der Waals surface area (Å²) in [5, 5.41) is 9.69. The predicted octanol–water partition coefficient (Wildman–Crippen LogP) is 4.80. The summed E-state index contributed by atoms with van der Waals surface area (Å²) in [6.07, 6.45) is 2.78. The van der Waals surface area contributed by atoms with Gasteiger partial charge < -0.3 is 14.7 Å². The number of likely N-dealkylation sites (tertiary alicyclic amines) is 1. The molecule has 2 aliphatic rings. The first-order chi connectivity index (χ1) is 16.1. The number of aliphatic carboxylic acids is 1. The van der Waals surface area contributed by atoms with Gasteiger partial charge in [-0.3, -0.25) is 14.7 Å². The molecule has 3 heterocycles. The van der Waals surface area contributed by atoms with E-state index in [4.69, 9.17) is 9.72 Å². The number of nitrogens with zero attached hydrogens (tertiary/aromatic N) is 3. The van der Waals surface area contributed by atoms with Crippen molar-refractivity contribution in [3.63, 3.8) is 0 Å². The zero-order valence-corrected chi connectivity index (χ0v) is 20.4. The molecule has 1 N–H and O–H groups in total. The van der Waals surface area contributed by atoms with Crippen LogP contribution in [0.25, 0.3) is 11.1 Å². The molecule has 6 nitrogen and oxygen atoms in total. The van der Waals surface area contributed by atoms with Crippen molar-refractivity contribution >= 4 is 11.7 Å². The van der Waals surface area contributed by atoms with Gasteiger partial charge in [0.1, 0.15) is 0 Å². The maximum absolute atomic E-state index is 14.8. The van der Waals surface area contributed by atoms with Gasteiger partial charge in [0.05, 0.1) is 24.9 Å². The minimum atomic E-state index is -0.961. The van der Waals surface area contributed by atoms with Crippen molar-refractivity contribution in [2.45, 2.75) is 53.0 Å². The molecular formula is C26H33F2N3O3. The van der Waals surface area contributed by atoms with Gasteiger partial charge in [-0.25, -0.2) is 8.78 Å². The Labute approximate surface area is 199 Å². The summed E-state index contributed by atoms with van der Waals surface area (Å²) in [5.41, 5.74) is 3.87. The first kappa shape index (κ1) is 24.4. The van der Waals surface area contributed by atoms with Gasteiger partial charge in [-0.05, 0) is 62.4 Å². The van der Waals surface area contributed by atoms with Gasteiger partial charge in [0.2, 0.25) is 0 Å². The van der Waals surface area contributed by atoms with Crippen LogP contribution < -0.4 is 9.64 Å². The molecule has 2 fully saturated rings. The summed E-state index contributed by atoms with van der Waals surface area (Å²) in [6.45, 7) is 10.2. The van der Waals surface area contributed by atoms with Gasteiger partial charge in [-0.2, -0.15) is 0 Å². The lowest BCUT2D eigenvalue weighted by molar-refractivity contribution is -0.136. The van der Waals surface area contributed by atoms with Gasteiger partial charge in [0, 0.05) is 36.5 Å². The number of hydrogen-bond donors (Lipinski definition) is 1. The van der Waals surface area contributed by atoms with Crippen molar-refractivity contribution in [3.05, 3.63) is 40.7 Å². The lowest BCUT2D eigenvalue weighted by Gasteiger charge is -2.41. The van der Waals surface area contributed by atoms with E-state index in [1.165, 1.54) is 19.2 Å². The van der Waals surface area contributed by atoms with Crippen molar-refractivity contribution in [2.24, 2.45) is 5.41 Å². The highest BCUT2D eigenvalue weighted by molar-refractivity contribution is 5.86. The van der Waals surface area contributed by atoms with Gasteiger partial charge >= 0.3 is 5.97 Å². The number of piperidine rings is 1. The third kappa shape index (κ3) is 4.87. The molecule has 2 aromatic rings. The van der Waals surface area contributed by atoms with E-state index in [0.29, 0.717) is 28.9 Å². The van der Waals surface area contributed by atoms with Crippen LogP contribution in [0.3, 0.4) is 0 Å². The normalized spacial score (nSPS) is 18.0. The number of carboxylic acids is 1. The second-order valence-corrected chi connectivity index (χ2v) is 10.2. The Morgan fingerprint density at radius 3 is 2.26 bits per heavy atom. The Balaban J connectivity index is 1.96. The van der Waals surface area contributed by atoms with E-state index < -0.39 is 23.4 Å². The number of aryl methyl sites for hydroxylation is 1. The Morgan fingerprint density at radius 1 is 1.15 bits per heavy atom. The van der Waals surface area contributed by atoms with Gasteiger partial charge in [0.25, 0.3) is 0 Å². The van der Waals surface area contributed by atoms with E-state index in [0.717, 1.165) is 56.8 Å². The van der Waals surface area contributed by atoms with Crippen molar-refractivity contribution in [2.75, 3.05) is 38.2 Å². The fourth-order valence-corrected chi connectivity index (χ4v) is 4.90. The van der Waals surface area contributed by atoms with Gasteiger partial charge in [0.15, 0.2) is 17.4 Å². The maximum atomic E-state index is 14.8. The summed E-state index contributed by atoms with van der Waals surface area (Å²) in [6, 6.07) is 2.55. The number of halogens is 2.